The Kier molecular flexibility index (Phi) is 5.23. The highest BCUT2D eigenvalue weighted by atomic mass is 15.0. The van der Waals surface area contributed by atoms with E-state index in [0.29, 0.717) is 17.8 Å². The first-order valence-corrected chi connectivity index (χ1v) is 7.84. The molecule has 0 saturated heterocycles. The van der Waals surface area contributed by atoms with Crippen LogP contribution in [0.2, 0.25) is 0 Å². The first kappa shape index (κ1) is 16.3. The summed E-state index contributed by atoms with van der Waals surface area (Å²) in [4.78, 5) is 8.61. The molecule has 110 valence electrons. The third kappa shape index (κ3) is 3.40. The van der Waals surface area contributed by atoms with Crippen molar-refractivity contribution in [1.29, 1.82) is 0 Å². The summed E-state index contributed by atoms with van der Waals surface area (Å²) in [6, 6.07) is 0. The highest BCUT2D eigenvalue weighted by Gasteiger charge is 2.29. The molecule has 2 atom stereocenters. The summed E-state index contributed by atoms with van der Waals surface area (Å²) >= 11 is 0. The minimum atomic E-state index is 0.153. The predicted octanol–water partition coefficient (Wildman–Crippen LogP) is 5.37. The number of nitrogens with one attached hydrogen (secondary N) is 1. The smallest absolute Gasteiger partial charge is 0.109 e. The third-order valence-corrected chi connectivity index (χ3v) is 4.81. The Hall–Kier alpha value is -0.790. The van der Waals surface area contributed by atoms with Crippen LogP contribution in [0, 0.1) is 5.92 Å². The average Bonchev–Trinajstić information content (AvgIpc) is 2.82. The summed E-state index contributed by atoms with van der Waals surface area (Å²) < 4.78 is 0. The van der Waals surface area contributed by atoms with Gasteiger partial charge in [0.1, 0.15) is 5.82 Å². The van der Waals surface area contributed by atoms with Gasteiger partial charge in [-0.1, -0.05) is 55.4 Å². The lowest BCUT2D eigenvalue weighted by atomic mass is 9.81. The molecule has 0 aliphatic carbocycles. The van der Waals surface area contributed by atoms with E-state index in [4.69, 9.17) is 4.98 Å². The largest absolute Gasteiger partial charge is 0.345 e. The summed E-state index contributed by atoms with van der Waals surface area (Å²) in [7, 11) is 0. The van der Waals surface area contributed by atoms with E-state index in [1.54, 1.807) is 0 Å². The van der Waals surface area contributed by atoms with Gasteiger partial charge in [0.15, 0.2) is 0 Å². The van der Waals surface area contributed by atoms with Crippen LogP contribution in [0.3, 0.4) is 0 Å². The Morgan fingerprint density at radius 2 is 1.68 bits per heavy atom. The number of aromatic amines is 1. The Morgan fingerprint density at radius 3 is 2.11 bits per heavy atom. The summed E-state index contributed by atoms with van der Waals surface area (Å²) in [5.41, 5.74) is 2.80. The van der Waals surface area contributed by atoms with E-state index in [1.165, 1.54) is 17.2 Å². The summed E-state index contributed by atoms with van der Waals surface area (Å²) in [5, 5.41) is 0. The van der Waals surface area contributed by atoms with Gasteiger partial charge in [0.05, 0.1) is 5.69 Å². The molecule has 0 amide bonds. The van der Waals surface area contributed by atoms with Gasteiger partial charge in [0.2, 0.25) is 0 Å². The van der Waals surface area contributed by atoms with Crippen LogP contribution < -0.4 is 0 Å². The molecule has 0 spiro atoms. The molecule has 0 radical (unpaired) electrons. The summed E-state index contributed by atoms with van der Waals surface area (Å²) in [5.74, 6) is 2.85. The van der Waals surface area contributed by atoms with Gasteiger partial charge in [-0.3, -0.25) is 0 Å². The number of aromatic nitrogens is 2. The molecule has 1 heterocycles. The van der Waals surface area contributed by atoms with Crippen molar-refractivity contribution in [2.75, 3.05) is 0 Å². The number of rotatable bonds is 6. The second-order valence-corrected chi connectivity index (χ2v) is 6.96. The van der Waals surface area contributed by atoms with Crippen LogP contribution in [0.15, 0.2) is 0 Å². The van der Waals surface area contributed by atoms with Crippen molar-refractivity contribution in [2.24, 2.45) is 5.92 Å². The normalized spacial score (nSPS) is 15.8. The van der Waals surface area contributed by atoms with Gasteiger partial charge in [-0.2, -0.15) is 0 Å². The molecule has 1 aromatic rings. The molecule has 0 bridgehead atoms. The first-order valence-electron chi connectivity index (χ1n) is 7.84. The van der Waals surface area contributed by atoms with Gasteiger partial charge in [-0.15, -0.1) is 0 Å². The zero-order chi connectivity index (χ0) is 14.8. The number of hydrogen-bond acceptors (Lipinski definition) is 1. The van der Waals surface area contributed by atoms with Crippen molar-refractivity contribution < 1.29 is 0 Å². The van der Waals surface area contributed by atoms with Crippen molar-refractivity contribution in [3.05, 3.63) is 17.2 Å². The Bertz CT molecular complexity index is 401. The molecule has 1 rings (SSSR count). The Labute approximate surface area is 119 Å². The van der Waals surface area contributed by atoms with Gasteiger partial charge >= 0.3 is 0 Å². The van der Waals surface area contributed by atoms with Crippen molar-refractivity contribution in [3.63, 3.8) is 0 Å². The lowest BCUT2D eigenvalue weighted by molar-refractivity contribution is 0.462. The molecule has 0 aliphatic rings. The molecular formula is C17H32N2. The van der Waals surface area contributed by atoms with Crippen molar-refractivity contribution >= 4 is 0 Å². The lowest BCUT2D eigenvalue weighted by Gasteiger charge is -2.25. The van der Waals surface area contributed by atoms with Crippen LogP contribution in [0.1, 0.15) is 97.3 Å². The Morgan fingerprint density at radius 1 is 1.11 bits per heavy atom. The molecular weight excluding hydrogens is 232 g/mol. The fourth-order valence-corrected chi connectivity index (χ4v) is 2.18. The second kappa shape index (κ2) is 6.11. The van der Waals surface area contributed by atoms with Gasteiger partial charge in [0.25, 0.3) is 0 Å². The van der Waals surface area contributed by atoms with E-state index in [1.807, 2.05) is 0 Å². The molecule has 0 fully saturated rings. The molecule has 2 nitrogen and oxygen atoms in total. The van der Waals surface area contributed by atoms with Crippen molar-refractivity contribution in [3.8, 4) is 0 Å². The maximum Gasteiger partial charge on any atom is 0.109 e. The van der Waals surface area contributed by atoms with Crippen LogP contribution in [0.5, 0.6) is 0 Å². The van der Waals surface area contributed by atoms with Gasteiger partial charge < -0.3 is 4.98 Å². The molecule has 0 saturated carbocycles. The standard InChI is InChI=1S/C17H32N2/c1-9-12(5)16-18-14(13(6)11(3)4)15(19-16)17(7,8)10-2/h11-13H,9-10H2,1-8H3,(H,18,19). The zero-order valence-corrected chi connectivity index (χ0v) is 14.1. The fourth-order valence-electron chi connectivity index (χ4n) is 2.18. The van der Waals surface area contributed by atoms with Gasteiger partial charge in [0, 0.05) is 22.9 Å². The summed E-state index contributed by atoms with van der Waals surface area (Å²) in [6.45, 7) is 18.2. The van der Waals surface area contributed by atoms with E-state index in [2.05, 4.69) is 60.4 Å². The number of hydrogen-bond donors (Lipinski definition) is 1. The highest BCUT2D eigenvalue weighted by molar-refractivity contribution is 5.27. The Balaban J connectivity index is 3.30. The molecule has 2 heteroatoms. The van der Waals surface area contributed by atoms with Crippen molar-refractivity contribution in [2.45, 2.75) is 85.5 Å². The third-order valence-electron chi connectivity index (χ3n) is 4.81. The van der Waals surface area contributed by atoms with Crippen LogP contribution in [-0.2, 0) is 5.41 Å². The molecule has 1 aromatic heterocycles. The number of imidazole rings is 1. The molecule has 19 heavy (non-hydrogen) atoms. The van der Waals surface area contributed by atoms with Gasteiger partial charge in [-0.05, 0) is 18.8 Å². The quantitative estimate of drug-likeness (QED) is 0.735. The topological polar surface area (TPSA) is 28.7 Å². The van der Waals surface area contributed by atoms with E-state index in [0.717, 1.165) is 12.8 Å². The molecule has 2 unspecified atom stereocenters. The molecule has 0 aliphatic heterocycles. The highest BCUT2D eigenvalue weighted by Crippen LogP contribution is 2.35. The van der Waals surface area contributed by atoms with E-state index >= 15 is 0 Å². The maximum atomic E-state index is 4.97. The van der Waals surface area contributed by atoms with Crippen LogP contribution >= 0.6 is 0 Å². The predicted molar refractivity (Wildman–Crippen MR) is 83.9 cm³/mol. The molecule has 0 aromatic carbocycles. The number of H-pyrrole nitrogens is 1. The van der Waals surface area contributed by atoms with E-state index in [-0.39, 0.29) is 5.41 Å². The molecule has 1 N–H and O–H groups in total. The van der Waals surface area contributed by atoms with E-state index in [9.17, 15) is 0 Å². The lowest BCUT2D eigenvalue weighted by Crippen LogP contribution is -2.20. The van der Waals surface area contributed by atoms with E-state index < -0.39 is 0 Å². The summed E-state index contributed by atoms with van der Waals surface area (Å²) in [6.07, 6.45) is 2.25. The second-order valence-electron chi connectivity index (χ2n) is 6.96. The fraction of sp³-hybridized carbons (Fsp3) is 0.824. The number of nitrogens with zero attached hydrogens (tertiary/aromatic N) is 1. The monoisotopic (exact) mass is 264 g/mol. The minimum Gasteiger partial charge on any atom is -0.345 e. The van der Waals surface area contributed by atoms with Crippen LogP contribution in [-0.4, -0.2) is 9.97 Å². The zero-order valence-electron chi connectivity index (χ0n) is 14.1. The van der Waals surface area contributed by atoms with Gasteiger partial charge in [-0.25, -0.2) is 4.98 Å². The maximum absolute atomic E-state index is 4.97. The minimum absolute atomic E-state index is 0.153. The average molecular weight is 264 g/mol. The first-order chi connectivity index (χ1) is 8.74. The van der Waals surface area contributed by atoms with Crippen LogP contribution in [0.25, 0.3) is 0 Å². The SMILES string of the molecule is CCC(C)c1nc(C(C)(C)CC)c(C(C)C(C)C)[nH]1. The van der Waals surface area contributed by atoms with Crippen LogP contribution in [0.4, 0.5) is 0 Å². The van der Waals surface area contributed by atoms with Crippen molar-refractivity contribution in [1.82, 2.24) is 9.97 Å².